The Morgan fingerprint density at radius 1 is 0.941 bits per heavy atom. The molecule has 0 aromatic heterocycles. The number of hydrogen-bond acceptors (Lipinski definition) is 7. The molecule has 0 amide bonds. The summed E-state index contributed by atoms with van der Waals surface area (Å²) in [6.07, 6.45) is 2.98. The Bertz CT molecular complexity index is 999. The molecule has 1 aromatic carbocycles. The van der Waals surface area contributed by atoms with E-state index in [1.54, 1.807) is 52.6 Å². The maximum atomic E-state index is 13.1. The van der Waals surface area contributed by atoms with Crippen molar-refractivity contribution in [2.75, 3.05) is 20.3 Å². The molecule has 1 aromatic rings. The molecule has 2 rings (SSSR count). The van der Waals surface area contributed by atoms with Crippen molar-refractivity contribution in [3.63, 3.8) is 0 Å². The molecule has 1 aliphatic rings. The van der Waals surface area contributed by atoms with Crippen molar-refractivity contribution in [1.29, 1.82) is 0 Å². The second-order valence-corrected chi connectivity index (χ2v) is 8.93. The zero-order chi connectivity index (χ0) is 25.6. The summed E-state index contributed by atoms with van der Waals surface area (Å²) < 4.78 is 16.1. The maximum absolute atomic E-state index is 13.1. The molecule has 0 aliphatic carbocycles. The predicted molar refractivity (Wildman–Crippen MR) is 130 cm³/mol. The van der Waals surface area contributed by atoms with Crippen LogP contribution in [0.15, 0.2) is 52.9 Å². The lowest BCUT2D eigenvalue weighted by Gasteiger charge is -2.36. The Morgan fingerprint density at radius 2 is 1.44 bits per heavy atom. The summed E-state index contributed by atoms with van der Waals surface area (Å²) in [6, 6.07) is 7.32. The van der Waals surface area contributed by atoms with E-state index in [4.69, 9.17) is 14.2 Å². The smallest absolute Gasteiger partial charge is 0.336 e. The summed E-state index contributed by atoms with van der Waals surface area (Å²) in [4.78, 5) is 40.4. The van der Waals surface area contributed by atoms with Gasteiger partial charge in [-0.2, -0.15) is 0 Å². The van der Waals surface area contributed by atoms with Gasteiger partial charge >= 0.3 is 17.9 Å². The van der Waals surface area contributed by atoms with Crippen LogP contribution in [0.3, 0.4) is 0 Å². The second kappa shape index (κ2) is 11.2. The average Bonchev–Trinajstić information content (AvgIpc) is 2.75. The van der Waals surface area contributed by atoms with Crippen molar-refractivity contribution in [2.24, 2.45) is 0 Å². The summed E-state index contributed by atoms with van der Waals surface area (Å²) in [5, 5.41) is 0. The Morgan fingerprint density at radius 3 is 1.91 bits per heavy atom. The average molecular weight is 470 g/mol. The first-order valence-corrected chi connectivity index (χ1v) is 11.4. The van der Waals surface area contributed by atoms with E-state index in [1.165, 1.54) is 6.08 Å². The van der Waals surface area contributed by atoms with E-state index in [2.05, 4.69) is 0 Å². The van der Waals surface area contributed by atoms with Gasteiger partial charge in [-0.3, -0.25) is 0 Å². The molecule has 0 radical (unpaired) electrons. The van der Waals surface area contributed by atoms with Crippen LogP contribution in [0.1, 0.15) is 65.5 Å². The number of ether oxygens (including phenoxy) is 3. The largest absolute Gasteiger partial charge is 0.463 e. The molecular weight excluding hydrogens is 434 g/mol. The number of rotatable bonds is 7. The minimum atomic E-state index is -0.728. The number of esters is 3. The van der Waals surface area contributed by atoms with Gasteiger partial charge in [0, 0.05) is 24.5 Å². The fraction of sp³-hybridized carbons (Fsp3) is 0.444. The highest BCUT2D eigenvalue weighted by atomic mass is 16.6. The van der Waals surface area contributed by atoms with E-state index in [0.717, 1.165) is 0 Å². The highest BCUT2D eigenvalue weighted by molar-refractivity contribution is 6.00. The van der Waals surface area contributed by atoms with Gasteiger partial charge in [0.25, 0.3) is 0 Å². The van der Waals surface area contributed by atoms with E-state index >= 15 is 0 Å². The van der Waals surface area contributed by atoms with Crippen molar-refractivity contribution >= 4 is 24.0 Å². The van der Waals surface area contributed by atoms with Gasteiger partial charge in [-0.15, -0.1) is 0 Å². The fourth-order valence-electron chi connectivity index (χ4n) is 3.85. The van der Waals surface area contributed by atoms with Crippen molar-refractivity contribution in [3.05, 3.63) is 64.0 Å². The highest BCUT2D eigenvalue weighted by Gasteiger charge is 2.40. The SMILES string of the molecule is CCOC(=O)C1=C(C)N(C)C(C)=C(C(=O)OCC)C1c1ccccc1/C=C/C(=O)OC(C)(C)C. The van der Waals surface area contributed by atoms with Crippen LogP contribution in [-0.2, 0) is 28.6 Å². The summed E-state index contributed by atoms with van der Waals surface area (Å²) in [5.74, 6) is -2.22. The number of carbonyl (C=O) groups is 3. The van der Waals surface area contributed by atoms with Gasteiger partial charge in [-0.1, -0.05) is 24.3 Å². The third kappa shape index (κ3) is 6.16. The predicted octanol–water partition coefficient (Wildman–Crippen LogP) is 4.74. The lowest BCUT2D eigenvalue weighted by Crippen LogP contribution is -2.34. The van der Waals surface area contributed by atoms with Gasteiger partial charge in [-0.05, 0) is 65.7 Å². The number of carbonyl (C=O) groups excluding carboxylic acids is 3. The van der Waals surface area contributed by atoms with Gasteiger partial charge in [0.1, 0.15) is 5.60 Å². The molecule has 0 unspecified atom stereocenters. The zero-order valence-corrected chi connectivity index (χ0v) is 21.4. The van der Waals surface area contributed by atoms with Crippen molar-refractivity contribution in [2.45, 2.75) is 60.0 Å². The molecule has 1 heterocycles. The molecule has 0 saturated heterocycles. The fourth-order valence-corrected chi connectivity index (χ4v) is 3.85. The maximum Gasteiger partial charge on any atom is 0.336 e. The molecule has 1 aliphatic heterocycles. The third-order valence-corrected chi connectivity index (χ3v) is 5.47. The van der Waals surface area contributed by atoms with Gasteiger partial charge in [0.05, 0.1) is 30.3 Å². The van der Waals surface area contributed by atoms with Crippen LogP contribution < -0.4 is 0 Å². The van der Waals surface area contributed by atoms with Crippen LogP contribution >= 0.6 is 0 Å². The highest BCUT2D eigenvalue weighted by Crippen LogP contribution is 2.43. The van der Waals surface area contributed by atoms with Crippen molar-refractivity contribution < 1.29 is 28.6 Å². The molecule has 34 heavy (non-hydrogen) atoms. The molecule has 7 heteroatoms. The lowest BCUT2D eigenvalue weighted by atomic mass is 9.78. The van der Waals surface area contributed by atoms with Gasteiger partial charge in [0.15, 0.2) is 0 Å². The van der Waals surface area contributed by atoms with Crippen molar-refractivity contribution in [3.8, 4) is 0 Å². The Hall–Kier alpha value is -3.35. The minimum Gasteiger partial charge on any atom is -0.463 e. The van der Waals surface area contributed by atoms with Crippen LogP contribution in [0.25, 0.3) is 6.08 Å². The summed E-state index contributed by atoms with van der Waals surface area (Å²) >= 11 is 0. The molecule has 0 N–H and O–H groups in total. The van der Waals surface area contributed by atoms with Crippen LogP contribution in [0, 0.1) is 0 Å². The normalized spacial score (nSPS) is 15.1. The number of nitrogens with zero attached hydrogens (tertiary/aromatic N) is 1. The molecule has 0 saturated carbocycles. The van der Waals surface area contributed by atoms with Gasteiger partial charge < -0.3 is 19.1 Å². The van der Waals surface area contributed by atoms with E-state index in [1.807, 2.05) is 38.1 Å². The zero-order valence-electron chi connectivity index (χ0n) is 21.4. The number of hydrogen-bond donors (Lipinski definition) is 0. The molecule has 0 spiro atoms. The molecule has 0 bridgehead atoms. The molecular formula is C27H35NO6. The standard InChI is InChI=1S/C27H35NO6/c1-9-32-25(30)22-17(3)28(8)18(4)23(26(31)33-10-2)24(22)20-14-12-11-13-19(20)15-16-21(29)34-27(5,6)7/h11-16,24H,9-10H2,1-8H3/b16-15+. The number of benzene rings is 1. The van der Waals surface area contributed by atoms with Crippen LogP contribution in [0.2, 0.25) is 0 Å². The first-order valence-electron chi connectivity index (χ1n) is 11.4. The van der Waals surface area contributed by atoms with E-state index in [-0.39, 0.29) is 13.2 Å². The van der Waals surface area contributed by atoms with E-state index in [9.17, 15) is 14.4 Å². The molecule has 7 nitrogen and oxygen atoms in total. The topological polar surface area (TPSA) is 82.1 Å². The Labute approximate surface area is 202 Å². The van der Waals surface area contributed by atoms with E-state index in [0.29, 0.717) is 33.7 Å². The molecule has 0 fully saturated rings. The quantitative estimate of drug-likeness (QED) is 0.324. The molecule has 0 atom stereocenters. The lowest BCUT2D eigenvalue weighted by molar-refractivity contribution is -0.148. The number of allylic oxidation sites excluding steroid dienone is 2. The summed E-state index contributed by atoms with van der Waals surface area (Å²) in [5.41, 5.74) is 2.81. The second-order valence-electron chi connectivity index (χ2n) is 8.93. The van der Waals surface area contributed by atoms with E-state index < -0.39 is 29.4 Å². The minimum absolute atomic E-state index is 0.198. The van der Waals surface area contributed by atoms with Crippen LogP contribution in [0.5, 0.6) is 0 Å². The molecule has 184 valence electrons. The third-order valence-electron chi connectivity index (χ3n) is 5.47. The summed E-state index contributed by atoms with van der Waals surface area (Å²) in [7, 11) is 1.80. The van der Waals surface area contributed by atoms with Crippen LogP contribution in [0.4, 0.5) is 0 Å². The van der Waals surface area contributed by atoms with Crippen molar-refractivity contribution in [1.82, 2.24) is 4.90 Å². The Kier molecular flexibility index (Phi) is 8.85. The monoisotopic (exact) mass is 469 g/mol. The van der Waals surface area contributed by atoms with Gasteiger partial charge in [0.2, 0.25) is 0 Å². The van der Waals surface area contributed by atoms with Crippen LogP contribution in [-0.4, -0.2) is 48.7 Å². The first kappa shape index (κ1) is 26.9. The van der Waals surface area contributed by atoms with Gasteiger partial charge in [-0.25, -0.2) is 14.4 Å². The summed E-state index contributed by atoms with van der Waals surface area (Å²) in [6.45, 7) is 12.9. The Balaban J connectivity index is 2.71. The first-order chi connectivity index (χ1) is 15.9.